The van der Waals surface area contributed by atoms with E-state index in [1.165, 1.54) is 28.3 Å². The van der Waals surface area contributed by atoms with Gasteiger partial charge in [-0.3, -0.25) is 4.79 Å². The summed E-state index contributed by atoms with van der Waals surface area (Å²) in [7, 11) is 0. The van der Waals surface area contributed by atoms with Gasteiger partial charge in [0.1, 0.15) is 5.76 Å². The average Bonchev–Trinajstić information content (AvgIpc) is 3.22. The summed E-state index contributed by atoms with van der Waals surface area (Å²) >= 11 is 0. The van der Waals surface area contributed by atoms with Crippen LogP contribution in [0.2, 0.25) is 0 Å². The Balaban J connectivity index is 0.000000260. The third-order valence-corrected chi connectivity index (χ3v) is 12.2. The van der Waals surface area contributed by atoms with Crippen molar-refractivity contribution in [1.82, 2.24) is 9.97 Å². The molecule has 62 heavy (non-hydrogen) atoms. The summed E-state index contributed by atoms with van der Waals surface area (Å²) in [5, 5.41) is 14.3. The Morgan fingerprint density at radius 3 is 1.55 bits per heavy atom. The Bertz CT molecular complexity index is 2540. The Hall–Kier alpha value is -4.44. The van der Waals surface area contributed by atoms with Crippen molar-refractivity contribution in [2.75, 3.05) is 0 Å². The molecule has 2 heterocycles. The van der Waals surface area contributed by atoms with Gasteiger partial charge in [-0.25, -0.2) is 0 Å². The molecule has 5 heteroatoms. The monoisotopic (exact) mass is 1010 g/mol. The van der Waals surface area contributed by atoms with Crippen molar-refractivity contribution in [2.24, 2.45) is 11.3 Å². The van der Waals surface area contributed by atoms with E-state index >= 15 is 0 Å². The molecule has 0 amide bonds. The molecule has 0 atom stereocenters. The maximum atomic E-state index is 11.9. The quantitative estimate of drug-likeness (QED) is 0.0798. The van der Waals surface area contributed by atoms with Gasteiger partial charge in [-0.05, 0) is 99.1 Å². The minimum absolute atomic E-state index is 0. The molecule has 0 bridgehead atoms. The predicted molar refractivity (Wildman–Crippen MR) is 262 cm³/mol. The first-order chi connectivity index (χ1) is 29.5. The SMILES string of the molecule is CCC(CC)C(=O)/C=C(\O)C(C)(CC)CC.[2H]c1cc2cc(C(C)C)ccc2c(-c2[c-]c(C)cc(C(C)(C)C)c2)n1.[2H]c1cc2cc(C(C)C)ccc2c(-c2[c-]c(C)cc(C)c2)n1.[Ir]. The van der Waals surface area contributed by atoms with E-state index in [0.717, 1.165) is 80.9 Å². The Morgan fingerprint density at radius 2 is 1.15 bits per heavy atom. The van der Waals surface area contributed by atoms with Crippen LogP contribution in [-0.4, -0.2) is 20.9 Å². The molecule has 0 saturated carbocycles. The average molecular weight is 1010 g/mol. The van der Waals surface area contributed by atoms with Gasteiger partial charge in [0.05, 0.1) is 2.74 Å². The van der Waals surface area contributed by atoms with Crippen LogP contribution in [0.25, 0.3) is 44.1 Å². The molecule has 0 unspecified atom stereocenters. The van der Waals surface area contributed by atoms with Gasteiger partial charge in [-0.15, -0.1) is 69.8 Å². The topological polar surface area (TPSA) is 63.1 Å². The first-order valence-corrected chi connectivity index (χ1v) is 22.4. The number of hydrogen-bond acceptors (Lipinski definition) is 4. The zero-order chi connectivity index (χ0) is 47.0. The number of benzene rings is 4. The summed E-state index contributed by atoms with van der Waals surface area (Å²) in [5.41, 5.74) is 10.7. The molecule has 1 N–H and O–H groups in total. The van der Waals surface area contributed by atoms with Crippen molar-refractivity contribution in [3.8, 4) is 22.5 Å². The number of hydrogen-bond donors (Lipinski definition) is 1. The van der Waals surface area contributed by atoms with Crippen molar-refractivity contribution >= 4 is 27.3 Å². The van der Waals surface area contributed by atoms with Crippen LogP contribution in [0.1, 0.15) is 157 Å². The van der Waals surface area contributed by atoms with Gasteiger partial charge in [0.2, 0.25) is 0 Å². The van der Waals surface area contributed by atoms with E-state index in [9.17, 15) is 9.90 Å². The van der Waals surface area contributed by atoms with Crippen molar-refractivity contribution in [2.45, 2.75) is 147 Å². The number of ketones is 1. The third kappa shape index (κ3) is 13.3. The van der Waals surface area contributed by atoms with Crippen LogP contribution < -0.4 is 0 Å². The molecule has 4 nitrogen and oxygen atoms in total. The molecule has 1 radical (unpaired) electrons. The fourth-order valence-electron chi connectivity index (χ4n) is 7.44. The van der Waals surface area contributed by atoms with E-state index in [-0.39, 0.29) is 48.4 Å². The molecule has 333 valence electrons. The molecular formula is C57H72IrN2O2-2. The molecule has 2 aromatic heterocycles. The van der Waals surface area contributed by atoms with Gasteiger partial charge in [0.15, 0.2) is 5.78 Å². The van der Waals surface area contributed by atoms with Crippen LogP contribution in [0, 0.1) is 44.2 Å². The van der Waals surface area contributed by atoms with Crippen molar-refractivity contribution in [3.63, 3.8) is 0 Å². The minimum Gasteiger partial charge on any atom is -0.512 e. The predicted octanol–water partition coefficient (Wildman–Crippen LogP) is 16.1. The van der Waals surface area contributed by atoms with Crippen LogP contribution in [0.15, 0.2) is 97.0 Å². The molecule has 0 aliphatic carbocycles. The molecule has 6 rings (SSSR count). The molecule has 0 spiro atoms. The Labute approximate surface area is 391 Å². The standard InChI is InChI=1S/C23H26N.C20H20N.C14H26O2.Ir/c1-15(2)17-7-8-21-18(13-17)9-10-24-22(21)19-11-16(3)12-20(14-19)23(4,5)6;1-13(2)16-5-6-19-17(12-16)7-8-21-20(19)18-10-14(3)9-15(4)11-18;1-6-11(7-2)12(15)10-13(16)14(5,8-3)9-4;/h7-10,12-15H,1-6H3;5-10,12-13H,1-4H3;10-11,16H,6-9H2,1-5H3;/q2*-1;;/b;;13-10-;/i10D;8D;;. The fourth-order valence-corrected chi connectivity index (χ4v) is 7.44. The van der Waals surface area contributed by atoms with E-state index in [1.807, 2.05) is 53.7 Å². The van der Waals surface area contributed by atoms with Gasteiger partial charge in [-0.2, -0.15) is 0 Å². The molecule has 0 aliphatic heterocycles. The number of pyridine rings is 2. The van der Waals surface area contributed by atoms with Crippen molar-refractivity contribution < 1.29 is 32.7 Å². The Morgan fingerprint density at radius 1 is 0.694 bits per heavy atom. The number of aryl methyl sites for hydroxylation is 3. The number of carbonyl (C=O) groups excluding carboxylic acids is 1. The number of aromatic nitrogens is 2. The molecular weight excluding hydrogens is 937 g/mol. The first-order valence-electron chi connectivity index (χ1n) is 23.4. The van der Waals surface area contributed by atoms with Gasteiger partial charge < -0.3 is 15.1 Å². The van der Waals surface area contributed by atoms with E-state index in [0.29, 0.717) is 24.2 Å². The maximum Gasteiger partial charge on any atom is 0.162 e. The number of carbonyl (C=O) groups is 1. The van der Waals surface area contributed by atoms with Crippen molar-refractivity contribution in [3.05, 3.63) is 142 Å². The maximum absolute atomic E-state index is 11.9. The normalized spacial score (nSPS) is 12.4. The summed E-state index contributed by atoms with van der Waals surface area (Å²) < 4.78 is 16.2. The van der Waals surface area contributed by atoms with Crippen LogP contribution in [0.3, 0.4) is 0 Å². The van der Waals surface area contributed by atoms with Crippen LogP contribution in [0.4, 0.5) is 0 Å². The number of aliphatic hydroxyl groups is 1. The third-order valence-electron chi connectivity index (χ3n) is 12.2. The van der Waals surface area contributed by atoms with Gasteiger partial charge in [0.25, 0.3) is 0 Å². The molecule has 4 aromatic carbocycles. The minimum atomic E-state index is -0.248. The number of nitrogens with zero attached hydrogens (tertiary/aromatic N) is 2. The largest absolute Gasteiger partial charge is 0.512 e. The molecule has 0 saturated heterocycles. The van der Waals surface area contributed by atoms with Gasteiger partial charge in [0, 0.05) is 49.9 Å². The number of allylic oxidation sites excluding steroid dienone is 2. The fraction of sp³-hybridized carbons (Fsp3) is 0.421. The zero-order valence-corrected chi connectivity index (χ0v) is 42.5. The van der Waals surface area contributed by atoms with Crippen LogP contribution in [-0.2, 0) is 30.3 Å². The smallest absolute Gasteiger partial charge is 0.162 e. The zero-order valence-electron chi connectivity index (χ0n) is 42.1. The summed E-state index contributed by atoms with van der Waals surface area (Å²) in [6.45, 7) is 31.7. The second-order valence-corrected chi connectivity index (χ2v) is 18.7. The molecule has 6 aromatic rings. The summed E-state index contributed by atoms with van der Waals surface area (Å²) in [6.07, 6.45) is 5.43. The second kappa shape index (κ2) is 22.8. The summed E-state index contributed by atoms with van der Waals surface area (Å²) in [4.78, 5) is 20.9. The van der Waals surface area contributed by atoms with E-state index < -0.39 is 0 Å². The van der Waals surface area contributed by atoms with E-state index in [2.05, 4.69) is 145 Å². The molecule has 0 fully saturated rings. The number of fused-ring (bicyclic) bond motifs is 2. The van der Waals surface area contributed by atoms with Crippen molar-refractivity contribution in [1.29, 1.82) is 0 Å². The first kappa shape index (κ1) is 48.6. The summed E-state index contributed by atoms with van der Waals surface area (Å²) in [5.74, 6) is 1.31. The summed E-state index contributed by atoms with van der Waals surface area (Å²) in [6, 6.07) is 32.0. The molecule has 0 aliphatic rings. The van der Waals surface area contributed by atoms with Gasteiger partial charge >= 0.3 is 0 Å². The second-order valence-electron chi connectivity index (χ2n) is 18.7. The number of rotatable bonds is 11. The number of aliphatic hydroxyl groups excluding tert-OH is 1. The Kier molecular flexibility index (Phi) is 17.8. The van der Waals surface area contributed by atoms with Crippen LogP contribution >= 0.6 is 0 Å². The van der Waals surface area contributed by atoms with E-state index in [1.54, 1.807) is 0 Å². The van der Waals surface area contributed by atoms with Gasteiger partial charge in [-0.1, -0.05) is 140 Å². The van der Waals surface area contributed by atoms with Crippen LogP contribution in [0.5, 0.6) is 0 Å². The van der Waals surface area contributed by atoms with E-state index in [4.69, 9.17) is 2.74 Å².